The fourth-order valence-corrected chi connectivity index (χ4v) is 5.40. The van der Waals surface area contributed by atoms with Gasteiger partial charge in [0.15, 0.2) is 0 Å². The Balaban J connectivity index is 1.55. The maximum atomic E-state index is 12.7. The Labute approximate surface area is 128 Å². The zero-order chi connectivity index (χ0) is 13.6. The van der Waals surface area contributed by atoms with Gasteiger partial charge in [-0.2, -0.15) is 11.8 Å². The quantitative estimate of drug-likeness (QED) is 0.931. The molecule has 2 atom stereocenters. The van der Waals surface area contributed by atoms with Gasteiger partial charge in [0.2, 0.25) is 5.91 Å². The lowest BCUT2D eigenvalue weighted by molar-refractivity contribution is -0.130. The molecule has 2 aliphatic heterocycles. The number of hydrogen-bond donors (Lipinski definition) is 1. The molecule has 1 aromatic rings. The van der Waals surface area contributed by atoms with Gasteiger partial charge in [0.1, 0.15) is 11.7 Å². The molecule has 2 saturated heterocycles. The van der Waals surface area contributed by atoms with Gasteiger partial charge in [-0.15, -0.1) is 11.3 Å². The lowest BCUT2D eigenvalue weighted by atomic mass is 10.1. The number of amides is 1. The average Bonchev–Trinajstić information content (AvgIpc) is 2.96. The minimum atomic E-state index is -0.200. The van der Waals surface area contributed by atoms with Crippen LogP contribution in [0.4, 0.5) is 0 Å². The maximum Gasteiger partial charge on any atom is 0.244 e. The van der Waals surface area contributed by atoms with Crippen LogP contribution in [0.5, 0.6) is 0 Å². The topological polar surface area (TPSA) is 32.3 Å². The van der Waals surface area contributed by atoms with Crippen LogP contribution >= 0.6 is 23.1 Å². The summed E-state index contributed by atoms with van der Waals surface area (Å²) >= 11 is 3.81. The van der Waals surface area contributed by atoms with E-state index in [-0.39, 0.29) is 11.7 Å². The van der Waals surface area contributed by atoms with Crippen molar-refractivity contribution in [2.45, 2.75) is 49.1 Å². The Morgan fingerprint density at radius 1 is 1.40 bits per heavy atom. The molecule has 1 amide bonds. The van der Waals surface area contributed by atoms with E-state index >= 15 is 0 Å². The van der Waals surface area contributed by atoms with Crippen LogP contribution < -0.4 is 5.32 Å². The summed E-state index contributed by atoms with van der Waals surface area (Å²) in [6.45, 7) is 0.917. The van der Waals surface area contributed by atoms with Gasteiger partial charge >= 0.3 is 0 Å². The molecule has 2 unspecified atom stereocenters. The van der Waals surface area contributed by atoms with E-state index in [2.05, 4.69) is 39.5 Å². The molecular formula is C15H20N2OS2. The molecule has 108 valence electrons. The first-order valence-corrected chi connectivity index (χ1v) is 9.45. The van der Waals surface area contributed by atoms with Crippen LogP contribution in [-0.2, 0) is 4.79 Å². The van der Waals surface area contributed by atoms with Gasteiger partial charge in [0.25, 0.3) is 0 Å². The second-order valence-electron chi connectivity index (χ2n) is 6.09. The van der Waals surface area contributed by atoms with Crippen LogP contribution in [0.1, 0.15) is 43.1 Å². The molecule has 3 fully saturated rings. The third-order valence-corrected chi connectivity index (χ3v) is 6.94. The van der Waals surface area contributed by atoms with E-state index in [0.29, 0.717) is 11.2 Å². The number of thiophene rings is 1. The molecular weight excluding hydrogens is 288 g/mol. The highest BCUT2D eigenvalue weighted by molar-refractivity contribution is 7.99. The first-order chi connectivity index (χ1) is 9.78. The number of carbonyl (C=O) groups excluding carboxylic acids is 1. The zero-order valence-electron chi connectivity index (χ0n) is 11.5. The van der Waals surface area contributed by atoms with Crippen molar-refractivity contribution in [1.29, 1.82) is 0 Å². The van der Waals surface area contributed by atoms with Gasteiger partial charge in [-0.25, -0.2) is 0 Å². The first kappa shape index (κ1) is 13.2. The van der Waals surface area contributed by atoms with E-state index in [9.17, 15) is 4.79 Å². The Bertz CT molecular complexity index is 492. The standard InChI is InChI=1S/C15H20N2OS2/c18-14-15(6-7-15)16-13(12-5-3-9-20-12)17(14)10-11-4-1-2-8-19-11/h3,5,9,11,13,16H,1-2,4,6-8,10H2. The Morgan fingerprint density at radius 3 is 2.95 bits per heavy atom. The fourth-order valence-electron chi connectivity index (χ4n) is 3.31. The van der Waals surface area contributed by atoms with E-state index in [1.807, 2.05) is 0 Å². The summed E-state index contributed by atoms with van der Waals surface area (Å²) in [4.78, 5) is 16.1. The summed E-state index contributed by atoms with van der Waals surface area (Å²) in [6.07, 6.45) is 6.07. The van der Waals surface area contributed by atoms with Crippen LogP contribution in [0, 0.1) is 0 Å². The lowest BCUT2D eigenvalue weighted by Gasteiger charge is -2.29. The molecule has 1 aromatic heterocycles. The van der Waals surface area contributed by atoms with Crippen molar-refractivity contribution in [3.63, 3.8) is 0 Å². The Kier molecular flexibility index (Phi) is 3.32. The van der Waals surface area contributed by atoms with Crippen LogP contribution in [0.25, 0.3) is 0 Å². The summed E-state index contributed by atoms with van der Waals surface area (Å²) < 4.78 is 0. The van der Waals surface area contributed by atoms with E-state index < -0.39 is 0 Å². The van der Waals surface area contributed by atoms with Gasteiger partial charge in [-0.3, -0.25) is 10.1 Å². The van der Waals surface area contributed by atoms with Crippen molar-refractivity contribution in [3.05, 3.63) is 22.4 Å². The molecule has 1 N–H and O–H groups in total. The number of nitrogens with zero attached hydrogens (tertiary/aromatic N) is 1. The van der Waals surface area contributed by atoms with Crippen molar-refractivity contribution < 1.29 is 4.79 Å². The van der Waals surface area contributed by atoms with Crippen molar-refractivity contribution in [3.8, 4) is 0 Å². The lowest BCUT2D eigenvalue weighted by Crippen LogP contribution is -2.37. The predicted octanol–water partition coefficient (Wildman–Crippen LogP) is 3.00. The molecule has 3 heterocycles. The molecule has 0 bridgehead atoms. The molecule has 0 radical (unpaired) electrons. The Hall–Kier alpha value is -0.520. The summed E-state index contributed by atoms with van der Waals surface area (Å²) in [7, 11) is 0. The fraction of sp³-hybridized carbons (Fsp3) is 0.667. The van der Waals surface area contributed by atoms with Crippen molar-refractivity contribution >= 4 is 29.0 Å². The van der Waals surface area contributed by atoms with Crippen molar-refractivity contribution in [2.24, 2.45) is 0 Å². The number of rotatable bonds is 3. The van der Waals surface area contributed by atoms with Crippen LogP contribution in [0.15, 0.2) is 17.5 Å². The summed E-state index contributed by atoms with van der Waals surface area (Å²) in [5.74, 6) is 1.61. The largest absolute Gasteiger partial charge is 0.319 e. The SMILES string of the molecule is O=C1N(CC2CCCCS2)C(c2cccs2)NC12CC2. The number of hydrogen-bond acceptors (Lipinski definition) is 4. The molecule has 1 saturated carbocycles. The second kappa shape index (κ2) is 5.04. The second-order valence-corrected chi connectivity index (χ2v) is 8.48. The number of thioether (sulfide) groups is 1. The van der Waals surface area contributed by atoms with Crippen LogP contribution in [-0.4, -0.2) is 33.9 Å². The predicted molar refractivity (Wildman–Crippen MR) is 84.0 cm³/mol. The van der Waals surface area contributed by atoms with Gasteiger partial charge in [0.05, 0.1) is 0 Å². The van der Waals surface area contributed by atoms with Crippen molar-refractivity contribution in [2.75, 3.05) is 12.3 Å². The summed E-state index contributed by atoms with van der Waals surface area (Å²) in [6, 6.07) is 4.23. The van der Waals surface area contributed by atoms with Crippen LogP contribution in [0.3, 0.4) is 0 Å². The molecule has 3 aliphatic rings. The van der Waals surface area contributed by atoms with Gasteiger partial charge in [0, 0.05) is 16.7 Å². The Morgan fingerprint density at radius 2 is 2.30 bits per heavy atom. The molecule has 5 heteroatoms. The minimum Gasteiger partial charge on any atom is -0.319 e. The van der Waals surface area contributed by atoms with E-state index in [0.717, 1.165) is 19.4 Å². The van der Waals surface area contributed by atoms with Gasteiger partial charge < -0.3 is 4.90 Å². The monoisotopic (exact) mass is 308 g/mol. The minimum absolute atomic E-state index is 0.118. The van der Waals surface area contributed by atoms with Gasteiger partial charge in [-0.1, -0.05) is 12.5 Å². The number of carbonyl (C=O) groups is 1. The number of nitrogens with one attached hydrogen (secondary N) is 1. The molecule has 0 aromatic carbocycles. The maximum absolute atomic E-state index is 12.7. The smallest absolute Gasteiger partial charge is 0.244 e. The average molecular weight is 308 g/mol. The van der Waals surface area contributed by atoms with E-state index in [1.54, 1.807) is 11.3 Å². The van der Waals surface area contributed by atoms with Crippen LogP contribution in [0.2, 0.25) is 0 Å². The third kappa shape index (κ3) is 2.20. The highest BCUT2D eigenvalue weighted by Gasteiger charge is 2.59. The van der Waals surface area contributed by atoms with E-state index in [4.69, 9.17) is 0 Å². The molecule has 1 aliphatic carbocycles. The van der Waals surface area contributed by atoms with Gasteiger partial charge in [-0.05, 0) is 42.9 Å². The van der Waals surface area contributed by atoms with E-state index in [1.165, 1.54) is 29.9 Å². The molecule has 4 rings (SSSR count). The molecule has 3 nitrogen and oxygen atoms in total. The third-order valence-electron chi connectivity index (χ3n) is 4.63. The first-order valence-electron chi connectivity index (χ1n) is 7.52. The van der Waals surface area contributed by atoms with Crippen molar-refractivity contribution in [1.82, 2.24) is 10.2 Å². The molecule has 20 heavy (non-hydrogen) atoms. The zero-order valence-corrected chi connectivity index (χ0v) is 13.1. The summed E-state index contributed by atoms with van der Waals surface area (Å²) in [5, 5.41) is 6.35. The highest BCUT2D eigenvalue weighted by atomic mass is 32.2. The normalized spacial score (nSPS) is 32.0. The summed E-state index contributed by atoms with van der Waals surface area (Å²) in [5.41, 5.74) is -0.200. The highest BCUT2D eigenvalue weighted by Crippen LogP contribution is 2.47. The molecule has 1 spiro atoms.